The van der Waals surface area contributed by atoms with E-state index in [1.165, 1.54) is 0 Å². The van der Waals surface area contributed by atoms with Gasteiger partial charge in [-0.15, -0.1) is 0 Å². The SMILES string of the molecule is CCCOc1ccccc1C(=O)CCc1ccncc1. The molecule has 0 aliphatic heterocycles. The highest BCUT2D eigenvalue weighted by atomic mass is 16.5. The van der Waals surface area contributed by atoms with Crippen LogP contribution in [0.5, 0.6) is 5.75 Å². The highest BCUT2D eigenvalue weighted by Gasteiger charge is 2.11. The van der Waals surface area contributed by atoms with Gasteiger partial charge >= 0.3 is 0 Å². The van der Waals surface area contributed by atoms with E-state index in [4.69, 9.17) is 4.74 Å². The number of pyridine rings is 1. The van der Waals surface area contributed by atoms with Gasteiger partial charge in [-0.25, -0.2) is 0 Å². The topological polar surface area (TPSA) is 39.2 Å². The van der Waals surface area contributed by atoms with E-state index in [1.807, 2.05) is 43.3 Å². The molecule has 0 atom stereocenters. The number of nitrogens with zero attached hydrogens (tertiary/aromatic N) is 1. The fraction of sp³-hybridized carbons (Fsp3) is 0.294. The Kier molecular flexibility index (Phi) is 5.30. The summed E-state index contributed by atoms with van der Waals surface area (Å²) in [6.45, 7) is 2.68. The van der Waals surface area contributed by atoms with Crippen molar-refractivity contribution in [1.82, 2.24) is 4.98 Å². The first-order valence-corrected chi connectivity index (χ1v) is 6.95. The first-order chi connectivity index (χ1) is 9.81. The summed E-state index contributed by atoms with van der Waals surface area (Å²) < 4.78 is 5.63. The molecule has 2 rings (SSSR count). The maximum Gasteiger partial charge on any atom is 0.166 e. The molecule has 0 amide bonds. The van der Waals surface area contributed by atoms with Crippen LogP contribution >= 0.6 is 0 Å². The van der Waals surface area contributed by atoms with Crippen molar-refractivity contribution in [3.63, 3.8) is 0 Å². The highest BCUT2D eigenvalue weighted by molar-refractivity contribution is 5.98. The number of ether oxygens (including phenoxy) is 1. The van der Waals surface area contributed by atoms with Crippen LogP contribution in [0.25, 0.3) is 0 Å². The van der Waals surface area contributed by atoms with Crippen LogP contribution in [0.15, 0.2) is 48.8 Å². The minimum absolute atomic E-state index is 0.119. The number of ketones is 1. The Balaban J connectivity index is 2.01. The molecule has 1 aromatic heterocycles. The number of aromatic nitrogens is 1. The number of carbonyl (C=O) groups is 1. The lowest BCUT2D eigenvalue weighted by atomic mass is 10.0. The van der Waals surface area contributed by atoms with Gasteiger partial charge in [0.2, 0.25) is 0 Å². The van der Waals surface area contributed by atoms with Crippen molar-refractivity contribution in [2.24, 2.45) is 0 Å². The van der Waals surface area contributed by atoms with Crippen molar-refractivity contribution < 1.29 is 9.53 Å². The molecule has 0 radical (unpaired) electrons. The van der Waals surface area contributed by atoms with Crippen LogP contribution < -0.4 is 4.74 Å². The van der Waals surface area contributed by atoms with Crippen molar-refractivity contribution in [2.75, 3.05) is 6.61 Å². The van der Waals surface area contributed by atoms with Gasteiger partial charge in [0.25, 0.3) is 0 Å². The summed E-state index contributed by atoms with van der Waals surface area (Å²) in [6.07, 6.45) is 5.63. The first kappa shape index (κ1) is 14.3. The average molecular weight is 269 g/mol. The number of benzene rings is 1. The number of aryl methyl sites for hydroxylation is 1. The van der Waals surface area contributed by atoms with Gasteiger partial charge in [-0.05, 0) is 42.7 Å². The van der Waals surface area contributed by atoms with E-state index in [0.29, 0.717) is 24.3 Å². The second-order valence-electron chi connectivity index (χ2n) is 4.62. The van der Waals surface area contributed by atoms with E-state index in [1.54, 1.807) is 12.4 Å². The summed E-state index contributed by atoms with van der Waals surface area (Å²) in [5, 5.41) is 0. The third-order valence-electron chi connectivity index (χ3n) is 3.04. The van der Waals surface area contributed by atoms with Crippen LogP contribution in [0.3, 0.4) is 0 Å². The van der Waals surface area contributed by atoms with Crippen LogP contribution in [0.1, 0.15) is 35.7 Å². The van der Waals surface area contributed by atoms with Crippen molar-refractivity contribution in [2.45, 2.75) is 26.2 Å². The molecule has 0 spiro atoms. The van der Waals surface area contributed by atoms with E-state index in [9.17, 15) is 4.79 Å². The lowest BCUT2D eigenvalue weighted by Crippen LogP contribution is -2.06. The second kappa shape index (κ2) is 7.43. The summed E-state index contributed by atoms with van der Waals surface area (Å²) in [6, 6.07) is 11.3. The molecule has 0 fully saturated rings. The Morgan fingerprint density at radius 2 is 1.90 bits per heavy atom. The maximum atomic E-state index is 12.3. The maximum absolute atomic E-state index is 12.3. The Hall–Kier alpha value is -2.16. The zero-order valence-corrected chi connectivity index (χ0v) is 11.7. The third-order valence-corrected chi connectivity index (χ3v) is 3.04. The van der Waals surface area contributed by atoms with Gasteiger partial charge < -0.3 is 4.74 Å². The van der Waals surface area contributed by atoms with Crippen molar-refractivity contribution in [3.8, 4) is 5.75 Å². The standard InChI is InChI=1S/C17H19NO2/c1-2-13-20-17-6-4-3-5-15(17)16(19)8-7-14-9-11-18-12-10-14/h3-6,9-12H,2,7-8,13H2,1H3. The van der Waals surface area contributed by atoms with Crippen molar-refractivity contribution >= 4 is 5.78 Å². The van der Waals surface area contributed by atoms with E-state index < -0.39 is 0 Å². The lowest BCUT2D eigenvalue weighted by Gasteiger charge is -2.09. The Bertz CT molecular complexity index is 552. The molecule has 3 heteroatoms. The molecule has 20 heavy (non-hydrogen) atoms. The fourth-order valence-electron chi connectivity index (χ4n) is 1.98. The number of Topliss-reactive ketones (excluding diaryl/α,β-unsaturated/α-hetero) is 1. The first-order valence-electron chi connectivity index (χ1n) is 6.95. The Labute approximate surface area is 119 Å². The molecular formula is C17H19NO2. The Morgan fingerprint density at radius 3 is 2.65 bits per heavy atom. The molecule has 1 heterocycles. The van der Waals surface area contributed by atoms with Gasteiger partial charge in [0.15, 0.2) is 5.78 Å². The molecule has 3 nitrogen and oxygen atoms in total. The summed E-state index contributed by atoms with van der Waals surface area (Å²) in [4.78, 5) is 16.3. The third kappa shape index (κ3) is 3.92. The minimum atomic E-state index is 0.119. The normalized spacial score (nSPS) is 10.2. The summed E-state index contributed by atoms with van der Waals surface area (Å²) in [5.74, 6) is 0.808. The monoisotopic (exact) mass is 269 g/mol. The van der Waals surface area contributed by atoms with Crippen LogP contribution in [-0.4, -0.2) is 17.4 Å². The van der Waals surface area contributed by atoms with Gasteiger partial charge in [0, 0.05) is 18.8 Å². The summed E-state index contributed by atoms with van der Waals surface area (Å²) in [7, 11) is 0. The number of para-hydroxylation sites is 1. The summed E-state index contributed by atoms with van der Waals surface area (Å²) >= 11 is 0. The van der Waals surface area contributed by atoms with E-state index in [0.717, 1.165) is 18.4 Å². The van der Waals surface area contributed by atoms with Crippen LogP contribution in [0.2, 0.25) is 0 Å². The van der Waals surface area contributed by atoms with Crippen molar-refractivity contribution in [3.05, 3.63) is 59.9 Å². The molecule has 0 saturated heterocycles. The van der Waals surface area contributed by atoms with Crippen LogP contribution in [0, 0.1) is 0 Å². The molecule has 0 bridgehead atoms. The molecule has 104 valence electrons. The predicted molar refractivity (Wildman–Crippen MR) is 79.1 cm³/mol. The van der Waals surface area contributed by atoms with Gasteiger partial charge in [-0.1, -0.05) is 19.1 Å². The van der Waals surface area contributed by atoms with Gasteiger partial charge in [-0.3, -0.25) is 9.78 Å². The zero-order chi connectivity index (χ0) is 14.2. The van der Waals surface area contributed by atoms with E-state index in [-0.39, 0.29) is 5.78 Å². The second-order valence-corrected chi connectivity index (χ2v) is 4.62. The Morgan fingerprint density at radius 1 is 1.15 bits per heavy atom. The largest absolute Gasteiger partial charge is 0.493 e. The molecule has 2 aromatic rings. The smallest absolute Gasteiger partial charge is 0.166 e. The van der Waals surface area contributed by atoms with Crippen LogP contribution in [0.4, 0.5) is 0 Å². The minimum Gasteiger partial charge on any atom is -0.493 e. The fourth-order valence-corrected chi connectivity index (χ4v) is 1.98. The van der Waals surface area contributed by atoms with Gasteiger partial charge in [0.1, 0.15) is 5.75 Å². The molecular weight excluding hydrogens is 250 g/mol. The highest BCUT2D eigenvalue weighted by Crippen LogP contribution is 2.20. The molecule has 0 unspecified atom stereocenters. The zero-order valence-electron chi connectivity index (χ0n) is 11.7. The number of carbonyl (C=O) groups excluding carboxylic acids is 1. The van der Waals surface area contributed by atoms with E-state index >= 15 is 0 Å². The van der Waals surface area contributed by atoms with Gasteiger partial charge in [-0.2, -0.15) is 0 Å². The number of hydrogen-bond acceptors (Lipinski definition) is 3. The van der Waals surface area contributed by atoms with E-state index in [2.05, 4.69) is 4.98 Å². The van der Waals surface area contributed by atoms with Crippen LogP contribution in [-0.2, 0) is 6.42 Å². The molecule has 1 aromatic carbocycles. The number of hydrogen-bond donors (Lipinski definition) is 0. The lowest BCUT2D eigenvalue weighted by molar-refractivity contribution is 0.0979. The van der Waals surface area contributed by atoms with Crippen molar-refractivity contribution in [1.29, 1.82) is 0 Å². The average Bonchev–Trinajstić information content (AvgIpc) is 2.52. The molecule has 0 aliphatic carbocycles. The molecule has 0 N–H and O–H groups in total. The predicted octanol–water partition coefficient (Wildman–Crippen LogP) is 3.69. The van der Waals surface area contributed by atoms with Gasteiger partial charge in [0.05, 0.1) is 12.2 Å². The molecule has 0 saturated carbocycles. The summed E-state index contributed by atoms with van der Waals surface area (Å²) in [5.41, 5.74) is 1.80. The molecule has 0 aliphatic rings. The quantitative estimate of drug-likeness (QED) is 0.720. The number of rotatable bonds is 7.